The van der Waals surface area contributed by atoms with Gasteiger partial charge in [-0.2, -0.15) is 13.2 Å². The van der Waals surface area contributed by atoms with E-state index in [1.807, 2.05) is 6.92 Å². The minimum absolute atomic E-state index is 0.228. The molecule has 9 heteroatoms. The first-order valence-electron chi connectivity index (χ1n) is 11.1. The van der Waals surface area contributed by atoms with Crippen LogP contribution >= 0.6 is 0 Å². The molecule has 0 aliphatic carbocycles. The summed E-state index contributed by atoms with van der Waals surface area (Å²) in [6, 6.07) is 19.0. The average Bonchev–Trinajstić information content (AvgIpc) is 3.36. The second kappa shape index (κ2) is 8.74. The molecular weight excluding hydrogens is 461 g/mol. The Balaban J connectivity index is 1.56. The minimum Gasteiger partial charge on any atom is -0.494 e. The van der Waals surface area contributed by atoms with E-state index in [0.717, 1.165) is 17.0 Å². The molecule has 0 saturated carbocycles. The Morgan fingerprint density at radius 2 is 1.60 bits per heavy atom. The maximum absolute atomic E-state index is 13.6. The van der Waals surface area contributed by atoms with E-state index >= 15 is 0 Å². The summed E-state index contributed by atoms with van der Waals surface area (Å²) in [5.74, 6) is -1.55. The Morgan fingerprint density at radius 3 is 2.26 bits per heavy atom. The number of benzene rings is 3. The van der Waals surface area contributed by atoms with Crippen LogP contribution in [0.3, 0.4) is 0 Å². The number of hydrogen-bond acceptors (Lipinski definition) is 5. The Kier molecular flexibility index (Phi) is 5.72. The van der Waals surface area contributed by atoms with Crippen molar-refractivity contribution in [2.75, 3.05) is 16.6 Å². The van der Waals surface area contributed by atoms with Gasteiger partial charge in [-0.25, -0.2) is 9.96 Å². The summed E-state index contributed by atoms with van der Waals surface area (Å²) in [6.07, 6.45) is -5.73. The lowest BCUT2D eigenvalue weighted by atomic mass is 9.89. The molecule has 2 aliphatic rings. The predicted octanol–water partition coefficient (Wildman–Crippen LogP) is 5.16. The van der Waals surface area contributed by atoms with Gasteiger partial charge in [-0.15, -0.1) is 0 Å². The molecule has 5 rings (SSSR count). The van der Waals surface area contributed by atoms with E-state index in [9.17, 15) is 22.8 Å². The summed E-state index contributed by atoms with van der Waals surface area (Å²) in [5, 5.41) is 1.37. The van der Waals surface area contributed by atoms with Crippen LogP contribution in [0.4, 0.5) is 24.5 Å². The van der Waals surface area contributed by atoms with Gasteiger partial charge in [-0.1, -0.05) is 30.3 Å². The number of carbonyl (C=O) groups excluding carboxylic acids is 2. The lowest BCUT2D eigenvalue weighted by Crippen LogP contribution is -2.37. The third kappa shape index (κ3) is 4.01. The molecular formula is C26H21F3N2O4. The molecule has 3 aromatic rings. The predicted molar refractivity (Wildman–Crippen MR) is 122 cm³/mol. The van der Waals surface area contributed by atoms with Gasteiger partial charge < -0.3 is 4.74 Å². The van der Waals surface area contributed by atoms with Crippen LogP contribution in [0.1, 0.15) is 24.1 Å². The SMILES string of the molecule is CCOc1ccc(N2C(=O)[C@@H]3[C@H](ON(c4ccccc4)[C@@H]3c3cccc(C(F)(F)F)c3)C2=O)cc1. The number of carbonyl (C=O) groups is 2. The fourth-order valence-corrected chi connectivity index (χ4v) is 4.56. The van der Waals surface area contributed by atoms with Crippen LogP contribution in [0.15, 0.2) is 78.9 Å². The monoisotopic (exact) mass is 482 g/mol. The van der Waals surface area contributed by atoms with Crippen molar-refractivity contribution in [2.24, 2.45) is 5.92 Å². The van der Waals surface area contributed by atoms with Crippen molar-refractivity contribution >= 4 is 23.2 Å². The van der Waals surface area contributed by atoms with Crippen molar-refractivity contribution in [1.29, 1.82) is 0 Å². The van der Waals surface area contributed by atoms with E-state index in [-0.39, 0.29) is 5.56 Å². The molecule has 0 spiro atoms. The molecule has 0 N–H and O–H groups in total. The number of hydrogen-bond donors (Lipinski definition) is 0. The number of nitrogens with zero attached hydrogens (tertiary/aromatic N) is 2. The number of rotatable bonds is 5. The van der Waals surface area contributed by atoms with Crippen LogP contribution in [0.5, 0.6) is 5.75 Å². The summed E-state index contributed by atoms with van der Waals surface area (Å²) in [5.41, 5.74) is 0.255. The van der Waals surface area contributed by atoms with Crippen molar-refractivity contribution in [3.8, 4) is 5.75 Å². The van der Waals surface area contributed by atoms with Crippen molar-refractivity contribution < 1.29 is 32.3 Å². The number of halogens is 3. The average molecular weight is 482 g/mol. The topological polar surface area (TPSA) is 59.1 Å². The van der Waals surface area contributed by atoms with Crippen LogP contribution in [0, 0.1) is 5.92 Å². The van der Waals surface area contributed by atoms with Crippen LogP contribution in [-0.2, 0) is 20.6 Å². The first-order valence-corrected chi connectivity index (χ1v) is 11.1. The minimum atomic E-state index is -4.56. The quantitative estimate of drug-likeness (QED) is 0.471. The maximum Gasteiger partial charge on any atom is 0.416 e. The van der Waals surface area contributed by atoms with E-state index in [0.29, 0.717) is 23.7 Å². The number of amides is 2. The Morgan fingerprint density at radius 1 is 0.886 bits per heavy atom. The summed E-state index contributed by atoms with van der Waals surface area (Å²) in [6.45, 7) is 2.30. The molecule has 2 saturated heterocycles. The van der Waals surface area contributed by atoms with Gasteiger partial charge in [0, 0.05) is 0 Å². The lowest BCUT2D eigenvalue weighted by Gasteiger charge is -2.29. The maximum atomic E-state index is 13.6. The molecule has 2 fully saturated rings. The molecule has 180 valence electrons. The fourth-order valence-electron chi connectivity index (χ4n) is 4.56. The highest BCUT2D eigenvalue weighted by molar-refractivity contribution is 6.23. The normalized spacial score (nSPS) is 22.0. The van der Waals surface area contributed by atoms with E-state index in [4.69, 9.17) is 9.57 Å². The zero-order valence-corrected chi connectivity index (χ0v) is 18.6. The number of alkyl halides is 3. The molecule has 0 radical (unpaired) electrons. The number of para-hydroxylation sites is 1. The lowest BCUT2D eigenvalue weighted by molar-refractivity contribution is -0.137. The third-order valence-electron chi connectivity index (χ3n) is 6.09. The van der Waals surface area contributed by atoms with Crippen molar-refractivity contribution in [1.82, 2.24) is 0 Å². The van der Waals surface area contributed by atoms with E-state index in [1.165, 1.54) is 17.2 Å². The van der Waals surface area contributed by atoms with Crippen LogP contribution in [0.2, 0.25) is 0 Å². The van der Waals surface area contributed by atoms with Gasteiger partial charge in [-0.3, -0.25) is 14.4 Å². The molecule has 6 nitrogen and oxygen atoms in total. The van der Waals surface area contributed by atoms with Gasteiger partial charge in [0.25, 0.3) is 5.91 Å². The van der Waals surface area contributed by atoms with Crippen LogP contribution in [-0.4, -0.2) is 24.5 Å². The number of fused-ring (bicyclic) bond motifs is 1. The summed E-state index contributed by atoms with van der Waals surface area (Å²) in [7, 11) is 0. The molecule has 35 heavy (non-hydrogen) atoms. The standard InChI is InChI=1S/C26H21F3N2O4/c1-2-34-20-13-11-18(12-14-20)30-24(32)21-22(16-7-6-8-17(15-16)26(27,28)29)31(35-23(21)25(30)33)19-9-4-3-5-10-19/h3-15,21-23H,2H2,1H3/t21-,22+,23-/m0/s1. The fraction of sp³-hybridized carbons (Fsp3) is 0.231. The zero-order chi connectivity index (χ0) is 24.7. The number of imide groups is 1. The molecule has 2 aliphatic heterocycles. The second-order valence-electron chi connectivity index (χ2n) is 8.22. The molecule has 3 atom stereocenters. The van der Waals surface area contributed by atoms with Crippen molar-refractivity contribution in [3.63, 3.8) is 0 Å². The van der Waals surface area contributed by atoms with Gasteiger partial charge in [0.2, 0.25) is 5.91 Å². The molecule has 0 unspecified atom stereocenters. The smallest absolute Gasteiger partial charge is 0.416 e. The molecule has 2 amide bonds. The largest absolute Gasteiger partial charge is 0.494 e. The van der Waals surface area contributed by atoms with Crippen molar-refractivity contribution in [2.45, 2.75) is 25.2 Å². The first-order chi connectivity index (χ1) is 16.8. The molecule has 2 heterocycles. The van der Waals surface area contributed by atoms with E-state index in [2.05, 4.69) is 0 Å². The summed E-state index contributed by atoms with van der Waals surface area (Å²) >= 11 is 0. The highest BCUT2D eigenvalue weighted by atomic mass is 19.4. The van der Waals surface area contributed by atoms with Crippen LogP contribution in [0.25, 0.3) is 0 Å². The van der Waals surface area contributed by atoms with Gasteiger partial charge in [0.1, 0.15) is 11.7 Å². The first kappa shape index (κ1) is 22.9. The van der Waals surface area contributed by atoms with Gasteiger partial charge in [0.05, 0.1) is 29.6 Å². The molecule has 0 bridgehead atoms. The molecule has 0 aromatic heterocycles. The van der Waals surface area contributed by atoms with Gasteiger partial charge >= 0.3 is 6.18 Å². The van der Waals surface area contributed by atoms with E-state index in [1.54, 1.807) is 54.6 Å². The Hall–Kier alpha value is -3.85. The Bertz CT molecular complexity index is 1250. The van der Waals surface area contributed by atoms with Gasteiger partial charge in [-0.05, 0) is 61.0 Å². The third-order valence-corrected chi connectivity index (χ3v) is 6.09. The summed E-state index contributed by atoms with van der Waals surface area (Å²) in [4.78, 5) is 33.9. The van der Waals surface area contributed by atoms with Crippen molar-refractivity contribution in [3.05, 3.63) is 90.0 Å². The second-order valence-corrected chi connectivity index (χ2v) is 8.22. The van der Waals surface area contributed by atoms with E-state index < -0.39 is 41.6 Å². The van der Waals surface area contributed by atoms with Gasteiger partial charge in [0.15, 0.2) is 6.10 Å². The number of hydroxylamine groups is 1. The summed E-state index contributed by atoms with van der Waals surface area (Å²) < 4.78 is 45.8. The zero-order valence-electron chi connectivity index (χ0n) is 18.6. The highest BCUT2D eigenvalue weighted by Gasteiger charge is 2.60. The number of anilines is 2. The van der Waals surface area contributed by atoms with Crippen LogP contribution < -0.4 is 14.7 Å². The Labute approximate surface area is 199 Å². The molecule has 3 aromatic carbocycles. The number of ether oxygens (including phenoxy) is 1. The highest BCUT2D eigenvalue weighted by Crippen LogP contribution is 2.48.